The van der Waals surface area contributed by atoms with Crippen molar-refractivity contribution >= 4 is 27.5 Å². The number of carbonyl (C=O) groups is 1. The van der Waals surface area contributed by atoms with Gasteiger partial charge in [-0.05, 0) is 12.1 Å². The Hall–Kier alpha value is -3.24. The zero-order valence-electron chi connectivity index (χ0n) is 15.0. The summed E-state index contributed by atoms with van der Waals surface area (Å²) < 4.78 is 18.8. The first-order chi connectivity index (χ1) is 13.2. The summed E-state index contributed by atoms with van der Waals surface area (Å²) in [7, 11) is 3.14. The predicted molar refractivity (Wildman–Crippen MR) is 104 cm³/mol. The highest BCUT2D eigenvalue weighted by Gasteiger charge is 2.13. The van der Waals surface area contributed by atoms with Crippen LogP contribution < -0.4 is 19.0 Å². The van der Waals surface area contributed by atoms with E-state index < -0.39 is 5.91 Å². The van der Waals surface area contributed by atoms with Gasteiger partial charge in [0.15, 0.2) is 22.9 Å². The number of amides is 1. The number of rotatable bonds is 6. The molecule has 0 aliphatic carbocycles. The molecule has 0 unspecified atom stereocenters. The fourth-order valence-electron chi connectivity index (χ4n) is 2.53. The van der Waals surface area contributed by atoms with Crippen LogP contribution >= 0.6 is 11.3 Å². The molecule has 138 valence electrons. The van der Waals surface area contributed by atoms with E-state index in [2.05, 4.69) is 10.9 Å². The van der Waals surface area contributed by atoms with Crippen molar-refractivity contribution in [1.82, 2.24) is 4.57 Å². The van der Waals surface area contributed by atoms with Gasteiger partial charge in [-0.3, -0.25) is 4.79 Å². The summed E-state index contributed by atoms with van der Waals surface area (Å²) in [4.78, 5) is 16.9. The van der Waals surface area contributed by atoms with Gasteiger partial charge in [0.25, 0.3) is 5.91 Å². The Morgan fingerprint density at radius 3 is 2.56 bits per heavy atom. The minimum atomic E-state index is -0.393. The lowest BCUT2D eigenvalue weighted by Crippen LogP contribution is -2.19. The van der Waals surface area contributed by atoms with Gasteiger partial charge in [-0.1, -0.05) is 35.5 Å². The lowest BCUT2D eigenvalue weighted by Gasteiger charge is -2.08. The number of hydrogen-bond donors (Lipinski definition) is 0. The van der Waals surface area contributed by atoms with Crippen molar-refractivity contribution in [2.45, 2.75) is 6.54 Å². The van der Waals surface area contributed by atoms with E-state index in [1.54, 1.807) is 30.9 Å². The molecule has 27 heavy (non-hydrogen) atoms. The highest BCUT2D eigenvalue weighted by atomic mass is 32.1. The van der Waals surface area contributed by atoms with Crippen LogP contribution in [0.15, 0.2) is 47.5 Å². The van der Waals surface area contributed by atoms with Gasteiger partial charge in [0.05, 0.1) is 31.0 Å². The van der Waals surface area contributed by atoms with Gasteiger partial charge in [-0.25, -0.2) is 0 Å². The molecule has 0 fully saturated rings. The zero-order valence-corrected chi connectivity index (χ0v) is 15.8. The number of terminal acetylenes is 1. The molecule has 1 aromatic heterocycles. The number of hydrogen-bond acceptors (Lipinski definition) is 5. The molecule has 0 atom stereocenters. The lowest BCUT2D eigenvalue weighted by molar-refractivity contribution is -0.120. The Labute approximate surface area is 160 Å². The molecule has 0 aliphatic rings. The van der Waals surface area contributed by atoms with Crippen LogP contribution in [0.3, 0.4) is 0 Å². The molecule has 2 aromatic carbocycles. The Morgan fingerprint density at radius 1 is 1.19 bits per heavy atom. The first kappa shape index (κ1) is 18.5. The van der Waals surface area contributed by atoms with Crippen molar-refractivity contribution in [2.24, 2.45) is 4.99 Å². The molecule has 1 amide bonds. The van der Waals surface area contributed by atoms with Gasteiger partial charge in [-0.15, -0.1) is 6.42 Å². The van der Waals surface area contributed by atoms with E-state index in [0.717, 1.165) is 10.2 Å². The Balaban J connectivity index is 1.96. The standard InChI is InChI=1S/C20H18N2O4S/c1-4-10-22-15-11-16(24-2)17(25-3)12-18(15)27-20(22)21-19(23)13-26-14-8-6-5-7-9-14/h1,5-9,11-12H,10,13H2,2-3H3. The minimum absolute atomic E-state index is 0.152. The molecular formula is C20H18N2O4S. The number of para-hydroxylation sites is 1. The monoisotopic (exact) mass is 382 g/mol. The number of fused-ring (bicyclic) bond motifs is 1. The Kier molecular flexibility index (Phi) is 5.79. The van der Waals surface area contributed by atoms with Crippen LogP contribution in [-0.4, -0.2) is 31.3 Å². The maximum atomic E-state index is 12.3. The van der Waals surface area contributed by atoms with Crippen molar-refractivity contribution in [2.75, 3.05) is 20.8 Å². The fourth-order valence-corrected chi connectivity index (χ4v) is 3.58. The van der Waals surface area contributed by atoms with Crippen LogP contribution in [0.2, 0.25) is 0 Å². The number of methoxy groups -OCH3 is 2. The Bertz CT molecular complexity index is 1060. The van der Waals surface area contributed by atoms with E-state index in [-0.39, 0.29) is 13.2 Å². The number of thiazole rings is 1. The summed E-state index contributed by atoms with van der Waals surface area (Å²) in [5.74, 6) is 4.00. The van der Waals surface area contributed by atoms with Gasteiger partial charge in [0.2, 0.25) is 0 Å². The van der Waals surface area contributed by atoms with Crippen LogP contribution in [0, 0.1) is 12.3 Å². The third-order valence-electron chi connectivity index (χ3n) is 3.76. The summed E-state index contributed by atoms with van der Waals surface area (Å²) in [5, 5.41) is 0. The van der Waals surface area contributed by atoms with Crippen LogP contribution in [-0.2, 0) is 11.3 Å². The third-order valence-corrected chi connectivity index (χ3v) is 4.80. The van der Waals surface area contributed by atoms with Gasteiger partial charge < -0.3 is 18.8 Å². The third kappa shape index (κ3) is 4.13. The van der Waals surface area contributed by atoms with E-state index in [0.29, 0.717) is 22.0 Å². The normalized spacial score (nSPS) is 11.2. The lowest BCUT2D eigenvalue weighted by atomic mass is 10.3. The summed E-state index contributed by atoms with van der Waals surface area (Å²) in [5.41, 5.74) is 0.825. The number of carbonyl (C=O) groups excluding carboxylic acids is 1. The smallest absolute Gasteiger partial charge is 0.286 e. The molecule has 0 aliphatic heterocycles. The maximum absolute atomic E-state index is 12.3. The molecule has 0 bridgehead atoms. The molecule has 0 saturated heterocycles. The molecule has 1 heterocycles. The van der Waals surface area contributed by atoms with Crippen LogP contribution in [0.5, 0.6) is 17.2 Å². The van der Waals surface area contributed by atoms with Crippen LogP contribution in [0.4, 0.5) is 0 Å². The fraction of sp³-hybridized carbons (Fsp3) is 0.200. The SMILES string of the molecule is C#CCn1c(=NC(=O)COc2ccccc2)sc2cc(OC)c(OC)cc21. The molecular weight excluding hydrogens is 364 g/mol. The van der Waals surface area contributed by atoms with E-state index in [1.807, 2.05) is 30.3 Å². The largest absolute Gasteiger partial charge is 0.493 e. The number of aromatic nitrogens is 1. The molecule has 3 aromatic rings. The first-order valence-corrected chi connectivity index (χ1v) is 8.92. The minimum Gasteiger partial charge on any atom is -0.493 e. The van der Waals surface area contributed by atoms with Crippen molar-refractivity contribution in [1.29, 1.82) is 0 Å². The molecule has 6 nitrogen and oxygen atoms in total. The predicted octanol–water partition coefficient (Wildman–Crippen LogP) is 2.86. The maximum Gasteiger partial charge on any atom is 0.286 e. The van der Waals surface area contributed by atoms with Gasteiger partial charge in [0, 0.05) is 12.1 Å². The van der Waals surface area contributed by atoms with Crippen molar-refractivity contribution in [3.63, 3.8) is 0 Å². The summed E-state index contributed by atoms with van der Waals surface area (Å²) in [6.07, 6.45) is 5.50. The second kappa shape index (κ2) is 8.43. The van der Waals surface area contributed by atoms with E-state index in [1.165, 1.54) is 11.3 Å². The van der Waals surface area contributed by atoms with E-state index >= 15 is 0 Å². The summed E-state index contributed by atoms with van der Waals surface area (Å²) in [6, 6.07) is 12.8. The molecule has 0 radical (unpaired) electrons. The first-order valence-electron chi connectivity index (χ1n) is 8.10. The number of ether oxygens (including phenoxy) is 3. The molecule has 7 heteroatoms. The average molecular weight is 382 g/mol. The van der Waals surface area contributed by atoms with Gasteiger partial charge in [-0.2, -0.15) is 4.99 Å². The van der Waals surface area contributed by atoms with Gasteiger partial charge >= 0.3 is 0 Å². The highest BCUT2D eigenvalue weighted by molar-refractivity contribution is 7.16. The average Bonchev–Trinajstić information content (AvgIpc) is 3.02. The highest BCUT2D eigenvalue weighted by Crippen LogP contribution is 2.33. The second-order valence-corrected chi connectivity index (χ2v) is 6.47. The number of nitrogens with zero attached hydrogens (tertiary/aromatic N) is 2. The Morgan fingerprint density at radius 2 is 1.89 bits per heavy atom. The van der Waals surface area contributed by atoms with Crippen LogP contribution in [0.1, 0.15) is 0 Å². The van der Waals surface area contributed by atoms with Crippen LogP contribution in [0.25, 0.3) is 10.2 Å². The quantitative estimate of drug-likeness (QED) is 0.615. The topological polar surface area (TPSA) is 62.1 Å². The van der Waals surface area contributed by atoms with Crippen molar-refractivity contribution < 1.29 is 19.0 Å². The molecule has 0 spiro atoms. The van der Waals surface area contributed by atoms with Gasteiger partial charge in [0.1, 0.15) is 5.75 Å². The molecule has 3 rings (SSSR count). The second-order valence-electron chi connectivity index (χ2n) is 5.46. The van der Waals surface area contributed by atoms with Crippen molar-refractivity contribution in [3.05, 3.63) is 47.3 Å². The molecule has 0 N–H and O–H groups in total. The summed E-state index contributed by atoms with van der Waals surface area (Å²) >= 11 is 1.35. The zero-order chi connectivity index (χ0) is 19.2. The van der Waals surface area contributed by atoms with Crippen molar-refractivity contribution in [3.8, 4) is 29.6 Å². The molecule has 0 saturated carbocycles. The summed E-state index contributed by atoms with van der Waals surface area (Å²) in [6.45, 7) is 0.127. The van der Waals surface area contributed by atoms with E-state index in [9.17, 15) is 4.79 Å². The van der Waals surface area contributed by atoms with E-state index in [4.69, 9.17) is 20.6 Å². The number of benzene rings is 2.